The van der Waals surface area contributed by atoms with Gasteiger partial charge in [-0.05, 0) is 43.4 Å². The van der Waals surface area contributed by atoms with Gasteiger partial charge in [0.1, 0.15) is 5.82 Å². The molecule has 0 unspecified atom stereocenters. The van der Waals surface area contributed by atoms with Gasteiger partial charge in [0, 0.05) is 19.1 Å². The normalized spacial score (nSPS) is 22.6. The van der Waals surface area contributed by atoms with Crippen molar-refractivity contribution in [1.29, 1.82) is 0 Å². The molecule has 2 rings (SSSR count). The predicted octanol–water partition coefficient (Wildman–Crippen LogP) is 1.71. The van der Waals surface area contributed by atoms with Gasteiger partial charge in [-0.1, -0.05) is 12.1 Å². The van der Waals surface area contributed by atoms with Gasteiger partial charge in [-0.3, -0.25) is 0 Å². The number of nitrogens with two attached hydrogens (primary N) is 1. The summed E-state index contributed by atoms with van der Waals surface area (Å²) in [6.07, 6.45) is 1.79. The lowest BCUT2D eigenvalue weighted by molar-refractivity contribution is 0.243. The fourth-order valence-electron chi connectivity index (χ4n) is 2.58. The first-order valence-corrected chi connectivity index (χ1v) is 8.47. The third-order valence-corrected chi connectivity index (χ3v) is 5.61. The fraction of sp³-hybridized carbons (Fsp3) is 0.571. The topological polar surface area (TPSA) is 63.4 Å². The molecule has 1 aromatic rings. The van der Waals surface area contributed by atoms with E-state index in [2.05, 4.69) is 0 Å². The van der Waals surface area contributed by atoms with E-state index in [0.29, 0.717) is 18.7 Å². The molecule has 1 saturated heterocycles. The predicted molar refractivity (Wildman–Crippen MR) is 77.0 cm³/mol. The van der Waals surface area contributed by atoms with Crippen LogP contribution in [0.2, 0.25) is 0 Å². The zero-order valence-corrected chi connectivity index (χ0v) is 12.4. The van der Waals surface area contributed by atoms with Crippen LogP contribution in [0.15, 0.2) is 24.3 Å². The van der Waals surface area contributed by atoms with Crippen molar-refractivity contribution >= 4 is 10.0 Å². The van der Waals surface area contributed by atoms with E-state index in [0.717, 1.165) is 12.8 Å². The van der Waals surface area contributed by atoms with Crippen molar-refractivity contribution in [3.05, 3.63) is 35.6 Å². The second-order valence-corrected chi connectivity index (χ2v) is 7.47. The highest BCUT2D eigenvalue weighted by molar-refractivity contribution is 7.88. The highest BCUT2D eigenvalue weighted by Gasteiger charge is 2.30. The van der Waals surface area contributed by atoms with Crippen LogP contribution in [-0.4, -0.2) is 31.9 Å². The minimum atomic E-state index is -3.41. The summed E-state index contributed by atoms with van der Waals surface area (Å²) >= 11 is 0. The van der Waals surface area contributed by atoms with Crippen LogP contribution < -0.4 is 5.73 Å². The molecule has 2 atom stereocenters. The van der Waals surface area contributed by atoms with Crippen LogP contribution in [0.3, 0.4) is 0 Å². The van der Waals surface area contributed by atoms with Crippen molar-refractivity contribution in [1.82, 2.24) is 4.31 Å². The quantitative estimate of drug-likeness (QED) is 0.921. The van der Waals surface area contributed by atoms with Crippen molar-refractivity contribution in [3.8, 4) is 0 Å². The number of piperidine rings is 1. The molecule has 1 fully saturated rings. The van der Waals surface area contributed by atoms with Gasteiger partial charge in [-0.15, -0.1) is 0 Å². The van der Waals surface area contributed by atoms with E-state index in [-0.39, 0.29) is 17.7 Å². The number of sulfonamides is 1. The second kappa shape index (κ2) is 6.20. The van der Waals surface area contributed by atoms with Crippen LogP contribution in [0.5, 0.6) is 0 Å². The molecule has 1 aromatic carbocycles. The SMILES string of the molecule is C[C@H](N)[C@H]1CCCN(S(=O)(=O)Cc2cccc(F)c2)C1. The molecular formula is C14H21FN2O2S. The summed E-state index contributed by atoms with van der Waals surface area (Å²) in [6.45, 7) is 2.91. The average Bonchev–Trinajstić information content (AvgIpc) is 2.38. The fourth-order valence-corrected chi connectivity index (χ4v) is 4.19. The summed E-state index contributed by atoms with van der Waals surface area (Å²) in [5.41, 5.74) is 6.35. The Morgan fingerprint density at radius 3 is 2.90 bits per heavy atom. The molecule has 0 spiro atoms. The molecule has 1 aliphatic heterocycles. The summed E-state index contributed by atoms with van der Waals surface area (Å²) in [5.74, 6) is -0.369. The number of hydrogen-bond acceptors (Lipinski definition) is 3. The number of hydrogen-bond donors (Lipinski definition) is 1. The third kappa shape index (κ3) is 3.77. The Bertz CT molecular complexity index is 560. The Morgan fingerprint density at radius 2 is 2.25 bits per heavy atom. The molecule has 4 nitrogen and oxygen atoms in total. The highest BCUT2D eigenvalue weighted by atomic mass is 32.2. The van der Waals surface area contributed by atoms with Crippen LogP contribution in [0.1, 0.15) is 25.3 Å². The van der Waals surface area contributed by atoms with E-state index < -0.39 is 15.8 Å². The first-order chi connectivity index (χ1) is 9.38. The molecule has 112 valence electrons. The molecule has 0 amide bonds. The first kappa shape index (κ1) is 15.4. The number of nitrogens with zero attached hydrogens (tertiary/aromatic N) is 1. The van der Waals surface area contributed by atoms with Crippen molar-refractivity contribution < 1.29 is 12.8 Å². The van der Waals surface area contributed by atoms with E-state index in [1.807, 2.05) is 6.92 Å². The molecule has 1 aliphatic rings. The summed E-state index contributed by atoms with van der Waals surface area (Å²) in [5, 5.41) is 0. The van der Waals surface area contributed by atoms with Gasteiger partial charge in [0.25, 0.3) is 0 Å². The summed E-state index contributed by atoms with van der Waals surface area (Å²) < 4.78 is 39.4. The first-order valence-electron chi connectivity index (χ1n) is 6.86. The summed E-state index contributed by atoms with van der Waals surface area (Å²) in [7, 11) is -3.41. The van der Waals surface area contributed by atoms with Crippen LogP contribution in [0.25, 0.3) is 0 Å². The second-order valence-electron chi connectivity index (χ2n) is 5.51. The van der Waals surface area contributed by atoms with E-state index in [1.54, 1.807) is 6.07 Å². The lowest BCUT2D eigenvalue weighted by Gasteiger charge is -2.33. The zero-order chi connectivity index (χ0) is 14.8. The number of rotatable bonds is 4. The Hall–Kier alpha value is -0.980. The van der Waals surface area contributed by atoms with Crippen molar-refractivity contribution in [2.24, 2.45) is 11.7 Å². The van der Waals surface area contributed by atoms with E-state index in [1.165, 1.54) is 22.5 Å². The zero-order valence-electron chi connectivity index (χ0n) is 11.6. The summed E-state index contributed by atoms with van der Waals surface area (Å²) in [4.78, 5) is 0. The summed E-state index contributed by atoms with van der Waals surface area (Å²) in [6, 6.07) is 5.73. The van der Waals surface area contributed by atoms with Gasteiger partial charge in [0.15, 0.2) is 0 Å². The van der Waals surface area contributed by atoms with Crippen molar-refractivity contribution in [3.63, 3.8) is 0 Å². The molecule has 20 heavy (non-hydrogen) atoms. The van der Waals surface area contributed by atoms with Gasteiger partial charge in [0.2, 0.25) is 10.0 Å². The van der Waals surface area contributed by atoms with Crippen LogP contribution >= 0.6 is 0 Å². The maximum Gasteiger partial charge on any atom is 0.218 e. The molecule has 0 saturated carbocycles. The maximum atomic E-state index is 13.1. The van der Waals surface area contributed by atoms with Gasteiger partial charge in [0.05, 0.1) is 5.75 Å². The van der Waals surface area contributed by atoms with Crippen LogP contribution in [0.4, 0.5) is 4.39 Å². The largest absolute Gasteiger partial charge is 0.328 e. The standard InChI is InChI=1S/C14H21FN2O2S/c1-11(16)13-5-3-7-17(9-13)20(18,19)10-12-4-2-6-14(15)8-12/h2,4,6,8,11,13H,3,5,7,9-10,16H2,1H3/t11-,13-/m0/s1. The highest BCUT2D eigenvalue weighted by Crippen LogP contribution is 2.23. The van der Waals surface area contributed by atoms with E-state index in [9.17, 15) is 12.8 Å². The van der Waals surface area contributed by atoms with Crippen LogP contribution in [0, 0.1) is 11.7 Å². The molecule has 0 radical (unpaired) electrons. The minimum Gasteiger partial charge on any atom is -0.328 e. The molecule has 0 bridgehead atoms. The maximum absolute atomic E-state index is 13.1. The van der Waals surface area contributed by atoms with E-state index in [4.69, 9.17) is 5.73 Å². The van der Waals surface area contributed by atoms with Gasteiger partial charge in [-0.2, -0.15) is 0 Å². The Morgan fingerprint density at radius 1 is 1.50 bits per heavy atom. The van der Waals surface area contributed by atoms with Crippen molar-refractivity contribution in [2.45, 2.75) is 31.6 Å². The molecule has 0 aliphatic carbocycles. The molecule has 0 aromatic heterocycles. The Balaban J connectivity index is 2.10. The molecule has 2 N–H and O–H groups in total. The number of benzene rings is 1. The van der Waals surface area contributed by atoms with Gasteiger partial charge in [-0.25, -0.2) is 17.1 Å². The molecular weight excluding hydrogens is 279 g/mol. The third-order valence-electron chi connectivity index (χ3n) is 3.80. The average molecular weight is 300 g/mol. The lowest BCUT2D eigenvalue weighted by Crippen LogP contribution is -2.45. The van der Waals surface area contributed by atoms with Gasteiger partial charge < -0.3 is 5.73 Å². The van der Waals surface area contributed by atoms with Gasteiger partial charge >= 0.3 is 0 Å². The molecule has 1 heterocycles. The van der Waals surface area contributed by atoms with Crippen molar-refractivity contribution in [2.75, 3.05) is 13.1 Å². The molecule has 6 heteroatoms. The lowest BCUT2D eigenvalue weighted by atomic mass is 9.93. The Kier molecular flexibility index (Phi) is 4.78. The monoisotopic (exact) mass is 300 g/mol. The smallest absolute Gasteiger partial charge is 0.218 e. The van der Waals surface area contributed by atoms with E-state index >= 15 is 0 Å². The minimum absolute atomic E-state index is 0.0119. The Labute approximate surface area is 119 Å². The van der Waals surface area contributed by atoms with Crippen LogP contribution in [-0.2, 0) is 15.8 Å². The number of halogens is 1.